The number of benzene rings is 3. The van der Waals surface area contributed by atoms with E-state index < -0.39 is 16.7 Å². The molecular weight excluding hydrogens is 450 g/mol. The van der Waals surface area contributed by atoms with Crippen LogP contribution in [0.15, 0.2) is 89.0 Å². The molecule has 0 radical (unpaired) electrons. The minimum absolute atomic E-state index is 0.00606. The average molecular weight is 466 g/mol. The fourth-order valence-electron chi connectivity index (χ4n) is 2.57. The van der Waals surface area contributed by atoms with Crippen LogP contribution < -0.4 is 10.6 Å². The molecule has 0 aliphatic carbocycles. The fourth-order valence-corrected chi connectivity index (χ4v) is 3.04. The lowest BCUT2D eigenvalue weighted by Gasteiger charge is -2.12. The van der Waals surface area contributed by atoms with Gasteiger partial charge in [-0.1, -0.05) is 30.3 Å². The highest BCUT2D eigenvalue weighted by atomic mass is 79.9. The van der Waals surface area contributed by atoms with E-state index in [0.29, 0.717) is 21.3 Å². The van der Waals surface area contributed by atoms with E-state index in [4.69, 9.17) is 0 Å². The van der Waals surface area contributed by atoms with Gasteiger partial charge in [0.15, 0.2) is 0 Å². The Morgan fingerprint density at radius 3 is 2.17 bits per heavy atom. The van der Waals surface area contributed by atoms with E-state index >= 15 is 0 Å². The molecule has 0 saturated carbocycles. The standard InChI is InChI=1S/C22H16BrN3O4/c23-19-9-5-4-8-18(19)21(27)25-20(22(28)24-16-6-2-1-3-7-16)14-15-10-12-17(13-11-15)26(29)30/h1-14H,(H,24,28)(H,25,27). The Labute approximate surface area is 180 Å². The molecule has 0 saturated heterocycles. The Balaban J connectivity index is 1.91. The summed E-state index contributed by atoms with van der Waals surface area (Å²) in [7, 11) is 0. The second-order valence-corrected chi connectivity index (χ2v) is 7.02. The van der Waals surface area contributed by atoms with Crippen molar-refractivity contribution in [1.82, 2.24) is 5.32 Å². The molecule has 3 aromatic rings. The molecule has 30 heavy (non-hydrogen) atoms. The third kappa shape index (κ3) is 5.39. The van der Waals surface area contributed by atoms with Crippen molar-refractivity contribution in [1.29, 1.82) is 0 Å². The predicted molar refractivity (Wildman–Crippen MR) is 118 cm³/mol. The number of carbonyl (C=O) groups is 2. The molecule has 0 aliphatic heterocycles. The maximum atomic E-state index is 12.8. The molecule has 0 aromatic heterocycles. The Kier molecular flexibility index (Phi) is 6.71. The van der Waals surface area contributed by atoms with Crippen molar-refractivity contribution in [2.75, 3.05) is 5.32 Å². The number of nitrogens with one attached hydrogen (secondary N) is 2. The summed E-state index contributed by atoms with van der Waals surface area (Å²) in [6.07, 6.45) is 1.46. The van der Waals surface area contributed by atoms with Crippen LogP contribution in [0.3, 0.4) is 0 Å². The molecule has 2 N–H and O–H groups in total. The lowest BCUT2D eigenvalue weighted by molar-refractivity contribution is -0.384. The van der Waals surface area contributed by atoms with Crippen molar-refractivity contribution in [2.45, 2.75) is 0 Å². The van der Waals surface area contributed by atoms with E-state index in [1.807, 2.05) is 6.07 Å². The molecule has 0 fully saturated rings. The summed E-state index contributed by atoms with van der Waals surface area (Å²) < 4.78 is 0.584. The first kappa shape index (κ1) is 20.9. The molecule has 3 aromatic carbocycles. The molecule has 0 aliphatic rings. The zero-order chi connectivity index (χ0) is 21.5. The minimum atomic E-state index is -0.528. The highest BCUT2D eigenvalue weighted by Gasteiger charge is 2.17. The van der Waals surface area contributed by atoms with Gasteiger partial charge in [0.05, 0.1) is 10.5 Å². The van der Waals surface area contributed by atoms with E-state index in [0.717, 1.165) is 0 Å². The monoisotopic (exact) mass is 465 g/mol. The first-order chi connectivity index (χ1) is 14.4. The number of nitrogens with zero attached hydrogens (tertiary/aromatic N) is 1. The van der Waals surface area contributed by atoms with E-state index in [-0.39, 0.29) is 11.4 Å². The van der Waals surface area contributed by atoms with Gasteiger partial charge in [-0.25, -0.2) is 0 Å². The van der Waals surface area contributed by atoms with Crippen molar-refractivity contribution < 1.29 is 14.5 Å². The van der Waals surface area contributed by atoms with Crippen molar-refractivity contribution in [3.8, 4) is 0 Å². The summed E-state index contributed by atoms with van der Waals surface area (Å²) in [5.74, 6) is -1.00. The number of nitro groups is 1. The van der Waals surface area contributed by atoms with Crippen LogP contribution in [0, 0.1) is 10.1 Å². The minimum Gasteiger partial charge on any atom is -0.321 e. The van der Waals surface area contributed by atoms with Crippen LogP contribution in [0.5, 0.6) is 0 Å². The second-order valence-electron chi connectivity index (χ2n) is 6.16. The first-order valence-electron chi connectivity index (χ1n) is 8.82. The smallest absolute Gasteiger partial charge is 0.272 e. The molecule has 8 heteroatoms. The second kappa shape index (κ2) is 9.62. The maximum absolute atomic E-state index is 12.8. The quantitative estimate of drug-likeness (QED) is 0.311. The zero-order valence-electron chi connectivity index (χ0n) is 15.5. The summed E-state index contributed by atoms with van der Waals surface area (Å²) >= 11 is 3.32. The molecule has 0 atom stereocenters. The summed E-state index contributed by atoms with van der Waals surface area (Å²) in [5.41, 5.74) is 1.37. The van der Waals surface area contributed by atoms with Crippen molar-refractivity contribution in [3.05, 3.63) is 110 Å². The summed E-state index contributed by atoms with van der Waals surface area (Å²) in [6.45, 7) is 0. The van der Waals surface area contributed by atoms with Gasteiger partial charge in [0, 0.05) is 22.3 Å². The number of nitro benzene ring substituents is 1. The van der Waals surface area contributed by atoms with Gasteiger partial charge >= 0.3 is 0 Å². The van der Waals surface area contributed by atoms with Gasteiger partial charge < -0.3 is 10.6 Å². The van der Waals surface area contributed by atoms with Crippen LogP contribution >= 0.6 is 15.9 Å². The van der Waals surface area contributed by atoms with Gasteiger partial charge in [0.25, 0.3) is 17.5 Å². The molecule has 3 rings (SSSR count). The van der Waals surface area contributed by atoms with Crippen molar-refractivity contribution >= 4 is 45.2 Å². The lowest BCUT2D eigenvalue weighted by Crippen LogP contribution is -2.31. The van der Waals surface area contributed by atoms with Gasteiger partial charge in [0.1, 0.15) is 5.70 Å². The van der Waals surface area contributed by atoms with Gasteiger partial charge in [-0.15, -0.1) is 0 Å². The summed E-state index contributed by atoms with van der Waals surface area (Å²) in [4.78, 5) is 35.9. The number of non-ortho nitro benzene ring substituents is 1. The number of hydrogen-bond acceptors (Lipinski definition) is 4. The van der Waals surface area contributed by atoms with E-state index in [1.165, 1.54) is 30.3 Å². The third-order valence-electron chi connectivity index (χ3n) is 4.06. The molecule has 2 amide bonds. The van der Waals surface area contributed by atoms with Crippen LogP contribution in [-0.4, -0.2) is 16.7 Å². The number of hydrogen-bond donors (Lipinski definition) is 2. The Hall–Kier alpha value is -3.78. The third-order valence-corrected chi connectivity index (χ3v) is 4.75. The molecule has 0 bridgehead atoms. The number of carbonyl (C=O) groups excluding carboxylic acids is 2. The first-order valence-corrected chi connectivity index (χ1v) is 9.62. The largest absolute Gasteiger partial charge is 0.321 e. The Morgan fingerprint density at radius 1 is 0.900 bits per heavy atom. The molecule has 0 spiro atoms. The summed E-state index contributed by atoms with van der Waals surface area (Å²) in [6, 6.07) is 21.3. The summed E-state index contributed by atoms with van der Waals surface area (Å²) in [5, 5.41) is 16.2. The van der Waals surface area contributed by atoms with Crippen LogP contribution in [0.2, 0.25) is 0 Å². The van der Waals surface area contributed by atoms with Crippen LogP contribution in [0.4, 0.5) is 11.4 Å². The van der Waals surface area contributed by atoms with Crippen LogP contribution in [-0.2, 0) is 4.79 Å². The maximum Gasteiger partial charge on any atom is 0.272 e. The van der Waals surface area contributed by atoms with E-state index in [9.17, 15) is 19.7 Å². The molecule has 7 nitrogen and oxygen atoms in total. The average Bonchev–Trinajstić information content (AvgIpc) is 2.74. The SMILES string of the molecule is O=C(Nc1ccccc1)C(=Cc1ccc([N+](=O)[O-])cc1)NC(=O)c1ccccc1Br. The van der Waals surface area contributed by atoms with E-state index in [1.54, 1.807) is 48.5 Å². The zero-order valence-corrected chi connectivity index (χ0v) is 17.1. The van der Waals surface area contributed by atoms with Crippen LogP contribution in [0.1, 0.15) is 15.9 Å². The Bertz CT molecular complexity index is 1110. The van der Waals surface area contributed by atoms with Crippen LogP contribution in [0.25, 0.3) is 6.08 Å². The number of rotatable bonds is 6. The highest BCUT2D eigenvalue weighted by molar-refractivity contribution is 9.10. The fraction of sp³-hybridized carbons (Fsp3) is 0. The molecule has 0 unspecified atom stereocenters. The lowest BCUT2D eigenvalue weighted by atomic mass is 10.1. The van der Waals surface area contributed by atoms with Gasteiger partial charge in [0.2, 0.25) is 0 Å². The highest BCUT2D eigenvalue weighted by Crippen LogP contribution is 2.18. The van der Waals surface area contributed by atoms with Gasteiger partial charge in [-0.2, -0.15) is 0 Å². The van der Waals surface area contributed by atoms with Gasteiger partial charge in [-0.05, 0) is 64.0 Å². The number of amides is 2. The molecule has 0 heterocycles. The number of anilines is 1. The topological polar surface area (TPSA) is 101 Å². The molecule has 150 valence electrons. The Morgan fingerprint density at radius 2 is 1.53 bits per heavy atom. The predicted octanol–water partition coefficient (Wildman–Crippen LogP) is 4.77. The van der Waals surface area contributed by atoms with E-state index in [2.05, 4.69) is 26.6 Å². The van der Waals surface area contributed by atoms with Crippen molar-refractivity contribution in [2.24, 2.45) is 0 Å². The number of halogens is 1. The number of para-hydroxylation sites is 1. The van der Waals surface area contributed by atoms with Crippen molar-refractivity contribution in [3.63, 3.8) is 0 Å². The normalized spacial score (nSPS) is 10.9. The van der Waals surface area contributed by atoms with Gasteiger partial charge in [-0.3, -0.25) is 19.7 Å². The molecular formula is C22H16BrN3O4.